The molecule has 1 saturated heterocycles. The third-order valence-corrected chi connectivity index (χ3v) is 3.93. The maximum Gasteiger partial charge on any atom is 0.274 e. The average Bonchev–Trinajstić information content (AvgIpc) is 3.22. The van der Waals surface area contributed by atoms with E-state index in [0.29, 0.717) is 36.2 Å². The van der Waals surface area contributed by atoms with Crippen molar-refractivity contribution in [3.63, 3.8) is 0 Å². The van der Waals surface area contributed by atoms with E-state index >= 15 is 0 Å². The first-order valence-electron chi connectivity index (χ1n) is 7.74. The second kappa shape index (κ2) is 6.31. The number of nitrogens with zero attached hydrogens (tertiary/aromatic N) is 6. The van der Waals surface area contributed by atoms with Crippen LogP contribution in [0.4, 0.5) is 5.82 Å². The number of hydrogen-bond donors (Lipinski definition) is 0. The summed E-state index contributed by atoms with van der Waals surface area (Å²) in [5.74, 6) is 1.73. The molecule has 23 heavy (non-hydrogen) atoms. The van der Waals surface area contributed by atoms with Crippen LogP contribution in [0.25, 0.3) is 0 Å². The van der Waals surface area contributed by atoms with Crippen molar-refractivity contribution in [2.45, 2.75) is 32.2 Å². The van der Waals surface area contributed by atoms with Gasteiger partial charge in [0.1, 0.15) is 0 Å². The van der Waals surface area contributed by atoms with Crippen LogP contribution in [-0.2, 0) is 6.42 Å². The van der Waals surface area contributed by atoms with Gasteiger partial charge in [-0.25, -0.2) is 0 Å². The summed E-state index contributed by atoms with van der Waals surface area (Å²) >= 11 is 0. The van der Waals surface area contributed by atoms with Gasteiger partial charge in [0.05, 0.1) is 6.04 Å². The van der Waals surface area contributed by atoms with E-state index in [4.69, 9.17) is 4.52 Å². The van der Waals surface area contributed by atoms with Crippen molar-refractivity contribution in [1.29, 1.82) is 0 Å². The number of amides is 1. The second-order valence-corrected chi connectivity index (χ2v) is 5.73. The Morgan fingerprint density at radius 3 is 2.83 bits per heavy atom. The zero-order valence-corrected chi connectivity index (χ0v) is 13.6. The van der Waals surface area contributed by atoms with Gasteiger partial charge in [-0.15, -0.1) is 10.2 Å². The number of carbonyl (C=O) groups is 1. The van der Waals surface area contributed by atoms with Crippen molar-refractivity contribution < 1.29 is 9.32 Å². The zero-order chi connectivity index (χ0) is 16.4. The lowest BCUT2D eigenvalue weighted by atomic mass is 10.2. The molecule has 0 saturated carbocycles. The van der Waals surface area contributed by atoms with Crippen molar-refractivity contribution in [2.24, 2.45) is 0 Å². The smallest absolute Gasteiger partial charge is 0.274 e. The van der Waals surface area contributed by atoms with E-state index in [1.807, 2.05) is 25.9 Å². The fraction of sp³-hybridized carbons (Fsp3) is 0.533. The Balaban J connectivity index is 1.80. The highest BCUT2D eigenvalue weighted by atomic mass is 16.5. The lowest BCUT2D eigenvalue weighted by molar-refractivity contribution is 0.0721. The molecule has 8 nitrogen and oxygen atoms in total. The van der Waals surface area contributed by atoms with Crippen molar-refractivity contribution >= 4 is 11.7 Å². The van der Waals surface area contributed by atoms with Gasteiger partial charge < -0.3 is 14.3 Å². The molecule has 1 atom stereocenters. The number of carbonyl (C=O) groups excluding carboxylic acids is 1. The summed E-state index contributed by atoms with van der Waals surface area (Å²) < 4.78 is 5.17. The second-order valence-electron chi connectivity index (χ2n) is 5.73. The molecule has 122 valence electrons. The van der Waals surface area contributed by atoms with Gasteiger partial charge in [0.15, 0.2) is 17.3 Å². The summed E-state index contributed by atoms with van der Waals surface area (Å²) in [4.78, 5) is 20.7. The number of hydrogen-bond acceptors (Lipinski definition) is 7. The average molecular weight is 316 g/mol. The third kappa shape index (κ3) is 3.01. The molecular weight excluding hydrogens is 296 g/mol. The monoisotopic (exact) mass is 316 g/mol. The normalized spacial score (nSPS) is 17.5. The molecule has 1 aliphatic heterocycles. The molecule has 0 radical (unpaired) electrons. The molecule has 0 aliphatic carbocycles. The Morgan fingerprint density at radius 1 is 1.39 bits per heavy atom. The summed E-state index contributed by atoms with van der Waals surface area (Å²) in [6.07, 6.45) is 2.43. The molecule has 3 rings (SSSR count). The SMILES string of the molecule is CCc1nc([C@H]2CCCN2C(=O)c2ccc(N(C)C)nn2)no1. The summed E-state index contributed by atoms with van der Waals surface area (Å²) in [6, 6.07) is 3.34. The lowest BCUT2D eigenvalue weighted by Crippen LogP contribution is -2.32. The minimum Gasteiger partial charge on any atom is -0.361 e. The number of anilines is 1. The van der Waals surface area contributed by atoms with Crippen LogP contribution in [-0.4, -0.2) is 51.8 Å². The van der Waals surface area contributed by atoms with Gasteiger partial charge in [0, 0.05) is 27.1 Å². The zero-order valence-electron chi connectivity index (χ0n) is 13.6. The van der Waals surface area contributed by atoms with E-state index in [9.17, 15) is 4.79 Å². The molecule has 1 aliphatic rings. The highest BCUT2D eigenvalue weighted by Crippen LogP contribution is 2.31. The lowest BCUT2D eigenvalue weighted by Gasteiger charge is -2.21. The van der Waals surface area contributed by atoms with Crippen molar-refractivity contribution in [2.75, 3.05) is 25.5 Å². The fourth-order valence-corrected chi connectivity index (χ4v) is 2.65. The highest BCUT2D eigenvalue weighted by molar-refractivity contribution is 5.92. The summed E-state index contributed by atoms with van der Waals surface area (Å²) in [6.45, 7) is 2.62. The van der Waals surface area contributed by atoms with Crippen molar-refractivity contribution in [3.8, 4) is 0 Å². The maximum absolute atomic E-state index is 12.7. The summed E-state index contributed by atoms with van der Waals surface area (Å²) in [5, 5.41) is 12.1. The van der Waals surface area contributed by atoms with E-state index in [2.05, 4.69) is 20.3 Å². The molecule has 8 heteroatoms. The molecule has 0 unspecified atom stereocenters. The maximum atomic E-state index is 12.7. The van der Waals surface area contributed by atoms with Crippen LogP contribution in [0.3, 0.4) is 0 Å². The Bertz CT molecular complexity index is 682. The molecule has 0 bridgehead atoms. The first-order valence-corrected chi connectivity index (χ1v) is 7.74. The highest BCUT2D eigenvalue weighted by Gasteiger charge is 2.34. The molecule has 2 aromatic heterocycles. The van der Waals surface area contributed by atoms with Crippen LogP contribution in [0, 0.1) is 0 Å². The van der Waals surface area contributed by atoms with E-state index < -0.39 is 0 Å². The first-order chi connectivity index (χ1) is 11.1. The standard InChI is InChI=1S/C15H20N6O2/c1-4-13-16-14(19-23-13)11-6-5-9-21(11)15(22)10-7-8-12(18-17-10)20(2)3/h7-8,11H,4-6,9H2,1-3H3/t11-/m1/s1. The van der Waals surface area contributed by atoms with Crippen LogP contribution in [0.2, 0.25) is 0 Å². The number of aryl methyl sites for hydroxylation is 1. The minimum absolute atomic E-state index is 0.145. The molecular formula is C15H20N6O2. The quantitative estimate of drug-likeness (QED) is 0.843. The molecule has 2 aromatic rings. The van der Waals surface area contributed by atoms with Gasteiger partial charge in [-0.05, 0) is 25.0 Å². The predicted molar refractivity (Wildman–Crippen MR) is 83.0 cm³/mol. The Labute approximate surface area is 134 Å². The van der Waals surface area contributed by atoms with E-state index in [0.717, 1.165) is 12.8 Å². The third-order valence-electron chi connectivity index (χ3n) is 3.93. The molecule has 1 fully saturated rings. The number of likely N-dealkylation sites (tertiary alicyclic amines) is 1. The fourth-order valence-electron chi connectivity index (χ4n) is 2.65. The Kier molecular flexibility index (Phi) is 4.22. The van der Waals surface area contributed by atoms with Crippen LogP contribution in [0.15, 0.2) is 16.7 Å². The number of rotatable bonds is 4. The minimum atomic E-state index is -0.151. The van der Waals surface area contributed by atoms with Gasteiger partial charge in [0.25, 0.3) is 5.91 Å². The molecule has 0 N–H and O–H groups in total. The van der Waals surface area contributed by atoms with Gasteiger partial charge in [0.2, 0.25) is 5.89 Å². The van der Waals surface area contributed by atoms with E-state index in [1.54, 1.807) is 17.0 Å². The van der Waals surface area contributed by atoms with Gasteiger partial charge in [-0.3, -0.25) is 4.79 Å². The molecule has 0 spiro atoms. The van der Waals surface area contributed by atoms with Crippen LogP contribution < -0.4 is 4.90 Å². The van der Waals surface area contributed by atoms with Gasteiger partial charge >= 0.3 is 0 Å². The Hall–Kier alpha value is -2.51. The van der Waals surface area contributed by atoms with Crippen molar-refractivity contribution in [1.82, 2.24) is 25.2 Å². The molecule has 0 aromatic carbocycles. The largest absolute Gasteiger partial charge is 0.361 e. The molecule has 1 amide bonds. The topological polar surface area (TPSA) is 88.3 Å². The summed E-state index contributed by atoms with van der Waals surface area (Å²) in [5.41, 5.74) is 0.335. The van der Waals surface area contributed by atoms with Crippen molar-refractivity contribution in [3.05, 3.63) is 29.5 Å². The van der Waals surface area contributed by atoms with E-state index in [1.165, 1.54) is 0 Å². The van der Waals surface area contributed by atoms with Crippen LogP contribution >= 0.6 is 0 Å². The van der Waals surface area contributed by atoms with Gasteiger partial charge in [-0.2, -0.15) is 4.98 Å². The summed E-state index contributed by atoms with van der Waals surface area (Å²) in [7, 11) is 3.76. The van der Waals surface area contributed by atoms with E-state index in [-0.39, 0.29) is 11.9 Å². The van der Waals surface area contributed by atoms with Crippen LogP contribution in [0.5, 0.6) is 0 Å². The number of aromatic nitrogens is 4. The first kappa shape index (κ1) is 15.4. The molecule has 3 heterocycles. The van der Waals surface area contributed by atoms with Gasteiger partial charge in [-0.1, -0.05) is 12.1 Å². The predicted octanol–water partition coefficient (Wildman–Crippen LogP) is 1.47. The van der Waals surface area contributed by atoms with Crippen LogP contribution in [0.1, 0.15) is 48.0 Å². The Morgan fingerprint density at radius 2 is 2.22 bits per heavy atom.